The molecule has 170 valence electrons. The summed E-state index contributed by atoms with van der Waals surface area (Å²) >= 11 is 14.5. The number of fused-ring (bicyclic) bond motifs is 5. The van der Waals surface area contributed by atoms with Gasteiger partial charge in [0.05, 0.1) is 10.3 Å². The van der Waals surface area contributed by atoms with E-state index in [2.05, 4.69) is 6.92 Å². The van der Waals surface area contributed by atoms with Crippen LogP contribution in [0.1, 0.15) is 53.4 Å². The first-order valence-corrected chi connectivity index (χ1v) is 11.8. The van der Waals surface area contributed by atoms with E-state index in [1.165, 1.54) is 6.92 Å². The lowest BCUT2D eigenvalue weighted by Gasteiger charge is -2.63. The van der Waals surface area contributed by atoms with Gasteiger partial charge in [-0.3, -0.25) is 14.4 Å². The molecule has 4 aliphatic carbocycles. The predicted molar refractivity (Wildman–Crippen MR) is 118 cm³/mol. The lowest BCUT2D eigenvalue weighted by molar-refractivity contribution is -0.172. The Morgan fingerprint density at radius 3 is 2.61 bits per heavy atom. The van der Waals surface area contributed by atoms with E-state index in [9.17, 15) is 19.5 Å². The highest BCUT2D eigenvalue weighted by atomic mass is 35.5. The molecule has 0 aromatic carbocycles. The Labute approximate surface area is 193 Å². The van der Waals surface area contributed by atoms with Crippen molar-refractivity contribution in [3.63, 3.8) is 0 Å². The Hall–Kier alpha value is -1.17. The molecule has 0 saturated heterocycles. The normalized spacial score (nSPS) is 48.4. The van der Waals surface area contributed by atoms with Crippen molar-refractivity contribution in [2.24, 2.45) is 28.6 Å². The summed E-state index contributed by atoms with van der Waals surface area (Å²) in [6, 6.07) is 0. The molecule has 4 rings (SSSR count). The summed E-state index contributed by atoms with van der Waals surface area (Å²) < 4.78 is 4.95. The number of halogens is 2. The number of alkyl halides is 2. The van der Waals surface area contributed by atoms with Crippen LogP contribution in [0.15, 0.2) is 23.8 Å². The third-order valence-corrected chi connectivity index (χ3v) is 10.6. The molecule has 0 amide bonds. The second-order valence-corrected chi connectivity index (χ2v) is 11.5. The van der Waals surface area contributed by atoms with Gasteiger partial charge in [0, 0.05) is 17.8 Å². The number of esters is 1. The molecule has 0 radical (unpaired) electrons. The molecule has 0 aromatic heterocycles. The Morgan fingerprint density at radius 1 is 1.29 bits per heavy atom. The molecule has 3 saturated carbocycles. The smallest absolute Gasteiger partial charge is 0.303 e. The third kappa shape index (κ3) is 2.82. The lowest BCUT2D eigenvalue weighted by Crippen LogP contribution is -2.67. The molecule has 7 heteroatoms. The molecule has 0 heterocycles. The van der Waals surface area contributed by atoms with E-state index < -0.39 is 45.0 Å². The van der Waals surface area contributed by atoms with Crippen LogP contribution >= 0.6 is 23.2 Å². The average Bonchev–Trinajstić information content (AvgIpc) is 2.89. The fourth-order valence-electron chi connectivity index (χ4n) is 7.35. The summed E-state index contributed by atoms with van der Waals surface area (Å²) in [5, 5.41) is 11.3. The van der Waals surface area contributed by atoms with Crippen molar-refractivity contribution < 1.29 is 24.2 Å². The zero-order chi connectivity index (χ0) is 23.0. The van der Waals surface area contributed by atoms with Crippen LogP contribution < -0.4 is 0 Å². The maximum Gasteiger partial charge on any atom is 0.303 e. The number of hydrogen-bond donors (Lipinski definition) is 1. The zero-order valence-electron chi connectivity index (χ0n) is 18.4. The number of carbonyl (C=O) groups is 3. The average molecular weight is 469 g/mol. The molecule has 5 nitrogen and oxygen atoms in total. The van der Waals surface area contributed by atoms with Gasteiger partial charge in [0.1, 0.15) is 5.60 Å². The van der Waals surface area contributed by atoms with Crippen LogP contribution in [0.5, 0.6) is 0 Å². The molecule has 0 bridgehead atoms. The Balaban J connectivity index is 1.76. The first-order valence-electron chi connectivity index (χ1n) is 11.0. The fraction of sp³-hybridized carbons (Fsp3) is 0.708. The first-order chi connectivity index (χ1) is 14.3. The number of rotatable bonds is 3. The van der Waals surface area contributed by atoms with Crippen molar-refractivity contribution in [1.29, 1.82) is 0 Å². The minimum absolute atomic E-state index is 0.0225. The third-order valence-electron chi connectivity index (χ3n) is 9.01. The Bertz CT molecular complexity index is 912. The monoisotopic (exact) mass is 468 g/mol. The van der Waals surface area contributed by atoms with Crippen LogP contribution in [-0.4, -0.2) is 45.1 Å². The first kappa shape index (κ1) is 23.0. The number of aliphatic hydroxyl groups is 1. The van der Waals surface area contributed by atoms with Crippen molar-refractivity contribution in [2.75, 3.05) is 6.61 Å². The Morgan fingerprint density at radius 2 is 1.97 bits per heavy atom. The van der Waals surface area contributed by atoms with Gasteiger partial charge < -0.3 is 9.84 Å². The number of ether oxygens (including phenoxy) is 1. The maximum atomic E-state index is 13.2. The van der Waals surface area contributed by atoms with E-state index in [1.807, 2.05) is 19.9 Å². The van der Waals surface area contributed by atoms with Gasteiger partial charge in [0.25, 0.3) is 0 Å². The number of ketones is 2. The van der Waals surface area contributed by atoms with E-state index in [0.29, 0.717) is 12.8 Å². The highest BCUT2D eigenvalue weighted by Crippen LogP contribution is 2.72. The van der Waals surface area contributed by atoms with Gasteiger partial charge >= 0.3 is 5.97 Å². The molecular weight excluding hydrogens is 439 g/mol. The molecule has 31 heavy (non-hydrogen) atoms. The van der Waals surface area contributed by atoms with Crippen molar-refractivity contribution >= 4 is 40.7 Å². The van der Waals surface area contributed by atoms with Gasteiger partial charge in [-0.05, 0) is 55.6 Å². The number of hydrogen-bond acceptors (Lipinski definition) is 5. The van der Waals surface area contributed by atoms with E-state index in [1.54, 1.807) is 12.2 Å². The van der Waals surface area contributed by atoms with Crippen molar-refractivity contribution in [3.05, 3.63) is 23.8 Å². The van der Waals surface area contributed by atoms with Gasteiger partial charge in [-0.1, -0.05) is 32.4 Å². The lowest BCUT2D eigenvalue weighted by atomic mass is 9.46. The topological polar surface area (TPSA) is 80.7 Å². The second kappa shape index (κ2) is 7.16. The summed E-state index contributed by atoms with van der Waals surface area (Å²) in [6.07, 6.45) is 7.64. The molecule has 0 aromatic rings. The quantitative estimate of drug-likeness (QED) is 0.500. The molecule has 3 fully saturated rings. The van der Waals surface area contributed by atoms with Crippen LogP contribution in [0, 0.1) is 28.6 Å². The predicted octanol–water partition coefficient (Wildman–Crippen LogP) is 3.98. The summed E-state index contributed by atoms with van der Waals surface area (Å²) in [4.78, 5) is 35.6. The molecule has 1 N–H and O–H groups in total. The van der Waals surface area contributed by atoms with Crippen molar-refractivity contribution in [1.82, 2.24) is 0 Å². The van der Waals surface area contributed by atoms with Crippen molar-refractivity contribution in [2.45, 2.75) is 69.2 Å². The van der Waals surface area contributed by atoms with Gasteiger partial charge in [0.15, 0.2) is 12.4 Å². The summed E-state index contributed by atoms with van der Waals surface area (Å²) in [6.45, 7) is 6.66. The van der Waals surface area contributed by atoms with Gasteiger partial charge in [0.2, 0.25) is 5.78 Å². The van der Waals surface area contributed by atoms with E-state index in [-0.39, 0.29) is 23.5 Å². The minimum Gasteiger partial charge on any atom is -0.458 e. The van der Waals surface area contributed by atoms with E-state index in [0.717, 1.165) is 18.4 Å². The zero-order valence-corrected chi connectivity index (χ0v) is 19.9. The second-order valence-electron chi connectivity index (χ2n) is 10.3. The van der Waals surface area contributed by atoms with Crippen LogP contribution in [0.2, 0.25) is 0 Å². The van der Waals surface area contributed by atoms with Gasteiger partial charge in [-0.2, -0.15) is 0 Å². The van der Waals surface area contributed by atoms with Crippen LogP contribution in [0.3, 0.4) is 0 Å². The molecule has 4 aliphatic rings. The van der Waals surface area contributed by atoms with E-state index >= 15 is 0 Å². The number of Topliss-reactive ketones (excluding diaryl/α,β-unsaturated/α-hetero) is 1. The fourth-order valence-corrected chi connectivity index (χ4v) is 8.58. The molecule has 2 unspecified atom stereocenters. The largest absolute Gasteiger partial charge is 0.458 e. The molecular formula is C24H30Cl2O5. The van der Waals surface area contributed by atoms with Crippen LogP contribution in [-0.2, 0) is 19.1 Å². The minimum atomic E-state index is -1.64. The van der Waals surface area contributed by atoms with Crippen LogP contribution in [0.4, 0.5) is 0 Å². The standard InChI is InChI=1S/C24H30Cl2O5/c1-13-9-18-17-6-5-15-10-16(28)7-8-21(15,3)23(17,26)19(25)11-22(18,4)24(13,30)20(29)12-31-14(2)27/h7-8,10,13,17-19,30H,5-6,9,11-12H2,1-4H3/t13?,17-,18-,19?,21-,22-,23-,24-/m0/s1. The number of allylic oxidation sites excluding steroid dienone is 4. The molecule has 8 atom stereocenters. The van der Waals surface area contributed by atoms with Gasteiger partial charge in [-0.15, -0.1) is 23.2 Å². The Kier molecular flexibility index (Phi) is 5.32. The summed E-state index contributed by atoms with van der Waals surface area (Å²) in [7, 11) is 0. The maximum absolute atomic E-state index is 13.2. The highest BCUT2D eigenvalue weighted by Gasteiger charge is 2.74. The SMILES string of the molecule is CC(=O)OCC(=O)[C@@]1(O)C(C)C[C@H]2[C@@H]3CCC4=CC(=O)C=C[C@]4(C)[C@@]3(Cl)C(Cl)C[C@@]21C. The highest BCUT2D eigenvalue weighted by molar-refractivity contribution is 6.34. The van der Waals surface area contributed by atoms with E-state index in [4.69, 9.17) is 27.9 Å². The van der Waals surface area contributed by atoms with Crippen molar-refractivity contribution in [3.8, 4) is 0 Å². The van der Waals surface area contributed by atoms with Crippen LogP contribution in [0.25, 0.3) is 0 Å². The number of carbonyl (C=O) groups excluding carboxylic acids is 3. The summed E-state index contributed by atoms with van der Waals surface area (Å²) in [5.41, 5.74) is -1.99. The molecule has 0 spiro atoms. The van der Waals surface area contributed by atoms with Gasteiger partial charge in [-0.25, -0.2) is 0 Å². The summed E-state index contributed by atoms with van der Waals surface area (Å²) in [5.74, 6) is -1.43. The molecule has 0 aliphatic heterocycles.